The van der Waals surface area contributed by atoms with E-state index in [-0.39, 0.29) is 0 Å². The van der Waals surface area contributed by atoms with Crippen molar-refractivity contribution < 1.29 is 0 Å². The summed E-state index contributed by atoms with van der Waals surface area (Å²) in [6.45, 7) is 3.81. The average Bonchev–Trinajstić information content (AvgIpc) is 2.71. The van der Waals surface area contributed by atoms with Crippen molar-refractivity contribution in [1.82, 2.24) is 10.2 Å². The predicted octanol–water partition coefficient (Wildman–Crippen LogP) is 4.08. The minimum atomic E-state index is 0.721. The fourth-order valence-electron chi connectivity index (χ4n) is 3.01. The highest BCUT2D eigenvalue weighted by atomic mass is 79.9. The van der Waals surface area contributed by atoms with Crippen molar-refractivity contribution in [3.63, 3.8) is 0 Å². The molecule has 2 aliphatic heterocycles. The van der Waals surface area contributed by atoms with Gasteiger partial charge >= 0.3 is 0 Å². The Hall–Kier alpha value is -1.56. The van der Waals surface area contributed by atoms with E-state index in [2.05, 4.69) is 32.4 Å². The topological polar surface area (TPSA) is 30.9 Å². The summed E-state index contributed by atoms with van der Waals surface area (Å²) in [6.07, 6.45) is 0. The number of amidine groups is 1. The van der Waals surface area contributed by atoms with Gasteiger partial charge in [0.25, 0.3) is 0 Å². The highest BCUT2D eigenvalue weighted by molar-refractivity contribution is 9.10. The average molecular weight is 392 g/mol. The molecular formula is C17H16BrClN4. The molecule has 0 spiro atoms. The molecule has 2 aromatic rings. The molecule has 0 saturated carbocycles. The fraction of sp³-hybridized carbons (Fsp3) is 0.235. The Balaban J connectivity index is 1.93. The summed E-state index contributed by atoms with van der Waals surface area (Å²) in [5.74, 6) is 0.985. The van der Waals surface area contributed by atoms with Crippen LogP contribution < -0.4 is 9.24 Å². The maximum Gasteiger partial charge on any atom is 0.138 e. The van der Waals surface area contributed by atoms with Gasteiger partial charge in [0.2, 0.25) is 0 Å². The van der Waals surface area contributed by atoms with Gasteiger partial charge in [0, 0.05) is 36.8 Å². The molecule has 0 bridgehead atoms. The van der Waals surface area contributed by atoms with E-state index in [0.717, 1.165) is 59.7 Å². The van der Waals surface area contributed by atoms with Gasteiger partial charge in [-0.2, -0.15) is 0 Å². The Labute approximate surface area is 149 Å². The van der Waals surface area contributed by atoms with E-state index >= 15 is 0 Å². The quantitative estimate of drug-likeness (QED) is 0.686. The number of halogens is 2. The van der Waals surface area contributed by atoms with Crippen LogP contribution in [0.5, 0.6) is 0 Å². The van der Waals surface area contributed by atoms with Gasteiger partial charge in [-0.25, -0.2) is 4.99 Å². The molecule has 0 aromatic heterocycles. The van der Waals surface area contributed by atoms with E-state index < -0.39 is 0 Å². The van der Waals surface area contributed by atoms with Gasteiger partial charge in [-0.05, 0) is 30.3 Å². The number of benzene rings is 2. The number of nitrogens with one attached hydrogen (secondary N) is 1. The molecule has 23 heavy (non-hydrogen) atoms. The first kappa shape index (κ1) is 15.0. The highest BCUT2D eigenvalue weighted by Crippen LogP contribution is 2.42. The molecule has 1 fully saturated rings. The SMILES string of the molecule is Clc1ccc2c(c1)C(N1CCNCC1)=Nc1ccccc1N2Br. The molecule has 4 rings (SSSR count). The molecule has 4 nitrogen and oxygen atoms in total. The number of hydrogen-bond acceptors (Lipinski definition) is 4. The number of para-hydroxylation sites is 2. The van der Waals surface area contributed by atoms with Crippen molar-refractivity contribution in [3.8, 4) is 0 Å². The number of anilines is 2. The maximum atomic E-state index is 6.27. The third-order valence-electron chi connectivity index (χ3n) is 4.15. The number of aliphatic imine (C=N–C) groups is 1. The minimum absolute atomic E-state index is 0.721. The van der Waals surface area contributed by atoms with Crippen LogP contribution in [0.3, 0.4) is 0 Å². The zero-order valence-electron chi connectivity index (χ0n) is 12.5. The molecule has 1 saturated heterocycles. The van der Waals surface area contributed by atoms with Gasteiger partial charge in [0.05, 0.1) is 33.2 Å². The Morgan fingerprint density at radius 1 is 1.04 bits per heavy atom. The molecular weight excluding hydrogens is 376 g/mol. The largest absolute Gasteiger partial charge is 0.353 e. The van der Waals surface area contributed by atoms with Crippen LogP contribution in [0, 0.1) is 0 Å². The van der Waals surface area contributed by atoms with E-state index in [4.69, 9.17) is 16.6 Å². The van der Waals surface area contributed by atoms with E-state index in [0.29, 0.717) is 0 Å². The fourth-order valence-corrected chi connectivity index (χ4v) is 3.79. The second kappa shape index (κ2) is 6.15. The van der Waals surface area contributed by atoms with Gasteiger partial charge in [0.15, 0.2) is 0 Å². The molecule has 0 aliphatic carbocycles. The van der Waals surface area contributed by atoms with Crippen LogP contribution >= 0.6 is 27.7 Å². The van der Waals surface area contributed by atoms with Crippen molar-refractivity contribution in [2.45, 2.75) is 0 Å². The van der Waals surface area contributed by atoms with Crippen molar-refractivity contribution >= 4 is 50.6 Å². The smallest absolute Gasteiger partial charge is 0.138 e. The molecule has 0 unspecified atom stereocenters. The Bertz CT molecular complexity index is 771. The zero-order chi connectivity index (χ0) is 15.8. The van der Waals surface area contributed by atoms with Crippen LogP contribution in [0.15, 0.2) is 47.5 Å². The van der Waals surface area contributed by atoms with Crippen molar-refractivity contribution in [1.29, 1.82) is 0 Å². The third kappa shape index (κ3) is 2.73. The van der Waals surface area contributed by atoms with Gasteiger partial charge in [0.1, 0.15) is 5.84 Å². The second-order valence-corrected chi connectivity index (χ2v) is 6.75. The summed E-state index contributed by atoms with van der Waals surface area (Å²) in [7, 11) is 0. The lowest BCUT2D eigenvalue weighted by Crippen LogP contribution is -2.46. The Morgan fingerprint density at radius 2 is 1.83 bits per heavy atom. The first-order valence-electron chi connectivity index (χ1n) is 7.63. The highest BCUT2D eigenvalue weighted by Gasteiger charge is 2.26. The van der Waals surface area contributed by atoms with Gasteiger partial charge < -0.3 is 10.2 Å². The predicted molar refractivity (Wildman–Crippen MR) is 99.6 cm³/mol. The summed E-state index contributed by atoms with van der Waals surface area (Å²) in [6, 6.07) is 14.1. The number of hydrogen-bond donors (Lipinski definition) is 1. The Morgan fingerprint density at radius 3 is 2.65 bits per heavy atom. The first-order chi connectivity index (χ1) is 11.2. The minimum Gasteiger partial charge on any atom is -0.353 e. The van der Waals surface area contributed by atoms with E-state index in [1.54, 1.807) is 0 Å². The lowest BCUT2D eigenvalue weighted by Gasteiger charge is -2.31. The van der Waals surface area contributed by atoms with Crippen LogP contribution in [-0.2, 0) is 0 Å². The lowest BCUT2D eigenvalue weighted by molar-refractivity contribution is 0.358. The van der Waals surface area contributed by atoms with Crippen LogP contribution in [0.4, 0.5) is 17.1 Å². The normalized spacial score (nSPS) is 17.2. The van der Waals surface area contributed by atoms with E-state index in [1.165, 1.54) is 0 Å². The second-order valence-electron chi connectivity index (χ2n) is 5.60. The van der Waals surface area contributed by atoms with Crippen LogP contribution in [0.25, 0.3) is 0 Å². The molecule has 0 amide bonds. The summed E-state index contributed by atoms with van der Waals surface area (Å²) < 4.78 is 2.01. The summed E-state index contributed by atoms with van der Waals surface area (Å²) in [5.41, 5.74) is 4.08. The molecule has 0 atom stereocenters. The number of piperazine rings is 1. The maximum absolute atomic E-state index is 6.27. The van der Waals surface area contributed by atoms with Gasteiger partial charge in [-0.3, -0.25) is 3.93 Å². The molecule has 6 heteroatoms. The summed E-state index contributed by atoms with van der Waals surface area (Å²) >= 11 is 9.97. The van der Waals surface area contributed by atoms with Crippen LogP contribution in [0.2, 0.25) is 5.02 Å². The van der Waals surface area contributed by atoms with Gasteiger partial charge in [-0.15, -0.1) is 0 Å². The molecule has 0 radical (unpaired) electrons. The van der Waals surface area contributed by atoms with Gasteiger partial charge in [-0.1, -0.05) is 23.7 Å². The summed E-state index contributed by atoms with van der Waals surface area (Å²) in [4.78, 5) is 7.31. The molecule has 1 N–H and O–H groups in total. The zero-order valence-corrected chi connectivity index (χ0v) is 14.8. The van der Waals surface area contributed by atoms with Crippen molar-refractivity contribution in [2.24, 2.45) is 4.99 Å². The summed E-state index contributed by atoms with van der Waals surface area (Å²) in [5, 5.41) is 4.11. The van der Waals surface area contributed by atoms with Crippen LogP contribution in [-0.4, -0.2) is 36.9 Å². The van der Waals surface area contributed by atoms with Crippen molar-refractivity contribution in [3.05, 3.63) is 53.1 Å². The molecule has 2 aliphatic rings. The molecule has 118 valence electrons. The number of fused-ring (bicyclic) bond motifs is 2. The standard InChI is InChI=1S/C17H16BrClN4/c18-23-15-6-5-12(19)11-13(15)17(22-9-7-20-8-10-22)21-14-3-1-2-4-16(14)23/h1-6,11,20H,7-10H2. The lowest BCUT2D eigenvalue weighted by atomic mass is 10.1. The number of nitrogens with zero attached hydrogens (tertiary/aromatic N) is 3. The third-order valence-corrected chi connectivity index (χ3v) is 5.15. The molecule has 2 aromatic carbocycles. The molecule has 2 heterocycles. The number of rotatable bonds is 0. The van der Waals surface area contributed by atoms with Crippen LogP contribution in [0.1, 0.15) is 5.56 Å². The van der Waals surface area contributed by atoms with Crippen molar-refractivity contribution in [2.75, 3.05) is 30.1 Å². The Kier molecular flexibility index (Phi) is 4.01. The van der Waals surface area contributed by atoms with E-state index in [1.807, 2.05) is 40.3 Å². The van der Waals surface area contributed by atoms with E-state index in [9.17, 15) is 0 Å². The monoisotopic (exact) mass is 390 g/mol. The first-order valence-corrected chi connectivity index (χ1v) is 8.72.